The monoisotopic (exact) mass is 979 g/mol. The number of nitrogens with zero attached hydrogens (tertiary/aromatic N) is 8. The number of carbonyl (C=O) groups is 10. The summed E-state index contributed by atoms with van der Waals surface area (Å²) in [5, 5.41) is 5.13. The van der Waals surface area contributed by atoms with Crippen molar-refractivity contribution in [3.8, 4) is 0 Å². The maximum Gasteiger partial charge on any atom is 0.246 e. The molecule has 20 heteroatoms. The molecule has 20 nitrogen and oxygen atoms in total. The summed E-state index contributed by atoms with van der Waals surface area (Å²) < 4.78 is 0. The van der Waals surface area contributed by atoms with Gasteiger partial charge in [-0.15, -0.1) is 0 Å². The van der Waals surface area contributed by atoms with Crippen LogP contribution in [0.3, 0.4) is 0 Å². The molecule has 0 bridgehead atoms. The Balaban J connectivity index is 6.63. The lowest BCUT2D eigenvalue weighted by atomic mass is 9.95. The summed E-state index contributed by atoms with van der Waals surface area (Å²) in [7, 11) is 13.3. The van der Waals surface area contributed by atoms with Crippen LogP contribution in [0, 0.1) is 29.6 Å². The summed E-state index contributed by atoms with van der Waals surface area (Å²) in [4.78, 5) is 147. The Morgan fingerprint density at radius 1 is 0.362 bits per heavy atom. The van der Waals surface area contributed by atoms with Crippen molar-refractivity contribution in [2.45, 2.75) is 165 Å². The third kappa shape index (κ3) is 15.3. The Kier molecular flexibility index (Phi) is 25.1. The minimum atomic E-state index is -1.13. The highest BCUT2D eigenvalue weighted by molar-refractivity contribution is 5.98. The first-order valence-electron chi connectivity index (χ1n) is 24.1. The number of nitrogens with one attached hydrogen (secondary N) is 2. The van der Waals surface area contributed by atoms with Gasteiger partial charge in [-0.25, -0.2) is 0 Å². The van der Waals surface area contributed by atoms with E-state index in [2.05, 4.69) is 10.6 Å². The van der Waals surface area contributed by atoms with E-state index >= 15 is 0 Å². The van der Waals surface area contributed by atoms with E-state index < -0.39 is 131 Å². The molecule has 0 unspecified atom stereocenters. The van der Waals surface area contributed by atoms with Gasteiger partial charge in [0.05, 0.1) is 0 Å². The average Bonchev–Trinajstić information content (AvgIpc) is 3.27. The standard InChI is InChI=1S/C49H90N10O10/c1-25-30(10)40(41(61)50-16)59(24)45(65)34(14)54(19)47(67)37(27(4)5)58(23)49(69)39(29(8)9)56(21)44(64)33(13)53(18)46(66)36(26(2)3)57(22)48(68)38(28(6)7)55(20)43(63)32(12)52(17)42(62)31(11)51-35(15)60/h26-34,36-40H,25H2,1-24H3,(H,50,61)(H,51,60)/t30-,31-,32-,33-,34-,36-,37-,38-,39-,40-/m0/s1. The highest BCUT2D eigenvalue weighted by atomic mass is 16.2. The highest BCUT2D eigenvalue weighted by Gasteiger charge is 2.45. The van der Waals surface area contributed by atoms with Crippen LogP contribution in [0.1, 0.15) is 110 Å². The number of hydrogen-bond donors (Lipinski definition) is 2. The lowest BCUT2D eigenvalue weighted by molar-refractivity contribution is -0.158. The zero-order valence-electron chi connectivity index (χ0n) is 46.5. The van der Waals surface area contributed by atoms with Gasteiger partial charge in [-0.2, -0.15) is 0 Å². The lowest BCUT2D eigenvalue weighted by Crippen LogP contribution is -2.62. The molecule has 2 N–H and O–H groups in total. The lowest BCUT2D eigenvalue weighted by Gasteiger charge is -2.42. The normalized spacial score (nSPS) is 15.8. The number of likely N-dealkylation sites (N-methyl/N-ethyl adjacent to an activating group) is 9. The Morgan fingerprint density at radius 2 is 0.594 bits per heavy atom. The van der Waals surface area contributed by atoms with Gasteiger partial charge in [0.25, 0.3) is 0 Å². The van der Waals surface area contributed by atoms with E-state index in [1.807, 2.05) is 13.8 Å². The van der Waals surface area contributed by atoms with E-state index in [9.17, 15) is 47.9 Å². The smallest absolute Gasteiger partial charge is 0.246 e. The second-order valence-electron chi connectivity index (χ2n) is 20.2. The molecule has 0 fully saturated rings. The molecule has 0 heterocycles. The van der Waals surface area contributed by atoms with Gasteiger partial charge in [0, 0.05) is 70.4 Å². The zero-order chi connectivity index (χ0) is 54.6. The van der Waals surface area contributed by atoms with Crippen molar-refractivity contribution in [2.75, 3.05) is 63.4 Å². The van der Waals surface area contributed by atoms with Crippen LogP contribution in [-0.4, -0.2) is 216 Å². The molecular formula is C49H90N10O10. The first-order chi connectivity index (χ1) is 31.5. The van der Waals surface area contributed by atoms with Gasteiger partial charge in [-0.3, -0.25) is 47.9 Å². The van der Waals surface area contributed by atoms with Gasteiger partial charge in [0.2, 0.25) is 59.1 Å². The summed E-state index contributed by atoms with van der Waals surface area (Å²) in [6.07, 6.45) is 0.633. The van der Waals surface area contributed by atoms with E-state index in [1.54, 1.807) is 62.3 Å². The second kappa shape index (κ2) is 27.2. The molecule has 0 aliphatic carbocycles. The van der Waals surface area contributed by atoms with Gasteiger partial charge >= 0.3 is 0 Å². The first kappa shape index (κ1) is 63.7. The van der Waals surface area contributed by atoms with Crippen LogP contribution in [0.2, 0.25) is 0 Å². The molecule has 0 aromatic carbocycles. The molecule has 396 valence electrons. The number of carbonyl (C=O) groups excluding carboxylic acids is 10. The van der Waals surface area contributed by atoms with Gasteiger partial charge in [-0.05, 0) is 57.3 Å². The summed E-state index contributed by atoms with van der Waals surface area (Å²) >= 11 is 0. The van der Waals surface area contributed by atoms with Crippen molar-refractivity contribution in [1.82, 2.24) is 49.8 Å². The van der Waals surface area contributed by atoms with Gasteiger partial charge in [0.1, 0.15) is 54.4 Å². The molecule has 0 saturated heterocycles. The van der Waals surface area contributed by atoms with Crippen molar-refractivity contribution in [2.24, 2.45) is 29.6 Å². The van der Waals surface area contributed by atoms with Gasteiger partial charge in [-0.1, -0.05) is 75.7 Å². The second-order valence-corrected chi connectivity index (χ2v) is 20.2. The van der Waals surface area contributed by atoms with Crippen molar-refractivity contribution >= 4 is 59.1 Å². The van der Waals surface area contributed by atoms with E-state index in [0.717, 1.165) is 0 Å². The fourth-order valence-corrected chi connectivity index (χ4v) is 8.92. The van der Waals surface area contributed by atoms with Crippen LogP contribution in [-0.2, 0) is 47.9 Å². The van der Waals surface area contributed by atoms with Crippen molar-refractivity contribution in [3.63, 3.8) is 0 Å². The molecule has 0 spiro atoms. The Bertz CT molecular complexity index is 1840. The Morgan fingerprint density at radius 3 is 0.826 bits per heavy atom. The van der Waals surface area contributed by atoms with Crippen molar-refractivity contribution in [1.29, 1.82) is 0 Å². The molecule has 10 amide bonds. The molecule has 0 rings (SSSR count). The SMILES string of the molecule is CC[C@H](C)[C@@H](C(=O)NC)N(C)C(=O)[C@H](C)N(C)C(=O)[C@H](C(C)C)N(C)C(=O)[C@H](C(C)C)N(C)C(=O)[C@H](C)N(C)C(=O)[C@H](C(C)C)N(C)C(=O)[C@H](C(C)C)N(C)C(=O)[C@H](C)N(C)C(=O)[C@H](C)NC(C)=O. The van der Waals surface area contributed by atoms with Crippen LogP contribution in [0.25, 0.3) is 0 Å². The third-order valence-electron chi connectivity index (χ3n) is 13.7. The zero-order valence-corrected chi connectivity index (χ0v) is 46.5. The van der Waals surface area contributed by atoms with E-state index in [4.69, 9.17) is 0 Å². The molecule has 0 radical (unpaired) electrons. The molecular weight excluding hydrogens is 889 g/mol. The van der Waals surface area contributed by atoms with E-state index in [-0.39, 0.29) is 11.8 Å². The van der Waals surface area contributed by atoms with E-state index in [1.165, 1.54) is 130 Å². The third-order valence-corrected chi connectivity index (χ3v) is 13.7. The topological polar surface area (TPSA) is 221 Å². The van der Waals surface area contributed by atoms with Crippen LogP contribution in [0.4, 0.5) is 0 Å². The van der Waals surface area contributed by atoms with Crippen LogP contribution in [0.15, 0.2) is 0 Å². The van der Waals surface area contributed by atoms with Gasteiger partial charge < -0.3 is 49.8 Å². The number of amides is 10. The summed E-state index contributed by atoms with van der Waals surface area (Å²) in [6.45, 7) is 25.3. The molecule has 0 aromatic heterocycles. The number of hydrogen-bond acceptors (Lipinski definition) is 10. The maximum atomic E-state index is 14.6. The number of rotatable bonds is 24. The maximum absolute atomic E-state index is 14.6. The fourth-order valence-electron chi connectivity index (χ4n) is 8.92. The van der Waals surface area contributed by atoms with Crippen LogP contribution < -0.4 is 10.6 Å². The average molecular weight is 979 g/mol. The molecule has 0 aromatic rings. The summed E-state index contributed by atoms with van der Waals surface area (Å²) in [6, 6.07) is -9.06. The van der Waals surface area contributed by atoms with E-state index in [0.29, 0.717) is 6.42 Å². The quantitative estimate of drug-likeness (QED) is 0.142. The Hall–Kier alpha value is -5.30. The molecule has 69 heavy (non-hydrogen) atoms. The molecule has 0 saturated carbocycles. The predicted octanol–water partition coefficient (Wildman–Crippen LogP) is 1.60. The highest BCUT2D eigenvalue weighted by Crippen LogP contribution is 2.24. The van der Waals surface area contributed by atoms with Crippen LogP contribution in [0.5, 0.6) is 0 Å². The van der Waals surface area contributed by atoms with Crippen molar-refractivity contribution in [3.05, 3.63) is 0 Å². The Labute approximate surface area is 413 Å². The van der Waals surface area contributed by atoms with Gasteiger partial charge in [0.15, 0.2) is 0 Å². The summed E-state index contributed by atoms with van der Waals surface area (Å²) in [5.74, 6) is -6.88. The predicted molar refractivity (Wildman–Crippen MR) is 266 cm³/mol. The molecule has 0 aliphatic rings. The minimum Gasteiger partial charge on any atom is -0.357 e. The van der Waals surface area contributed by atoms with Crippen LogP contribution >= 0.6 is 0 Å². The minimum absolute atomic E-state index is 0.167. The largest absolute Gasteiger partial charge is 0.357 e. The first-order valence-corrected chi connectivity index (χ1v) is 24.1. The molecule has 0 aliphatic heterocycles. The van der Waals surface area contributed by atoms with Crippen molar-refractivity contribution < 1.29 is 47.9 Å². The summed E-state index contributed by atoms with van der Waals surface area (Å²) in [5.41, 5.74) is 0. The molecule has 10 atom stereocenters. The fraction of sp³-hybridized carbons (Fsp3) is 0.796.